The second-order valence-corrected chi connectivity index (χ2v) is 3.97. The third-order valence-corrected chi connectivity index (χ3v) is 2.83. The SMILES string of the molecule is c1ccc(-c2noc([C@H]3CCCN3)n2)cc1. The van der Waals surface area contributed by atoms with Crippen LogP contribution in [-0.4, -0.2) is 16.7 Å². The molecule has 3 rings (SSSR count). The average molecular weight is 215 g/mol. The van der Waals surface area contributed by atoms with Gasteiger partial charge in [0.1, 0.15) is 0 Å². The number of nitrogens with zero attached hydrogens (tertiary/aromatic N) is 2. The number of benzene rings is 1. The van der Waals surface area contributed by atoms with Crippen LogP contribution in [0.4, 0.5) is 0 Å². The normalized spacial score (nSPS) is 20.1. The maximum atomic E-state index is 5.28. The number of hydrogen-bond donors (Lipinski definition) is 1. The number of rotatable bonds is 2. The summed E-state index contributed by atoms with van der Waals surface area (Å²) >= 11 is 0. The van der Waals surface area contributed by atoms with Crippen LogP contribution in [0, 0.1) is 0 Å². The summed E-state index contributed by atoms with van der Waals surface area (Å²) in [6, 6.07) is 10.1. The molecule has 0 amide bonds. The quantitative estimate of drug-likeness (QED) is 0.834. The van der Waals surface area contributed by atoms with E-state index >= 15 is 0 Å². The zero-order valence-corrected chi connectivity index (χ0v) is 8.89. The van der Waals surface area contributed by atoms with E-state index in [2.05, 4.69) is 15.5 Å². The Morgan fingerprint density at radius 1 is 1.25 bits per heavy atom. The standard InChI is InChI=1S/C12H13N3O/c1-2-5-9(6-3-1)11-14-12(16-15-11)10-7-4-8-13-10/h1-3,5-6,10,13H,4,7-8H2/t10-/m1/s1. The van der Waals surface area contributed by atoms with Gasteiger partial charge in [0.05, 0.1) is 6.04 Å². The van der Waals surface area contributed by atoms with Gasteiger partial charge in [-0.15, -0.1) is 0 Å². The topological polar surface area (TPSA) is 51.0 Å². The lowest BCUT2D eigenvalue weighted by Crippen LogP contribution is -2.12. The Bertz CT molecular complexity index is 460. The Morgan fingerprint density at radius 3 is 2.88 bits per heavy atom. The van der Waals surface area contributed by atoms with Gasteiger partial charge in [-0.3, -0.25) is 0 Å². The summed E-state index contributed by atoms with van der Waals surface area (Å²) < 4.78 is 5.28. The summed E-state index contributed by atoms with van der Waals surface area (Å²) in [5, 5.41) is 7.35. The minimum absolute atomic E-state index is 0.241. The molecule has 4 nitrogen and oxygen atoms in total. The first kappa shape index (κ1) is 9.54. The van der Waals surface area contributed by atoms with Gasteiger partial charge >= 0.3 is 0 Å². The van der Waals surface area contributed by atoms with Crippen LogP contribution in [0.5, 0.6) is 0 Å². The van der Waals surface area contributed by atoms with Gasteiger partial charge in [0.25, 0.3) is 0 Å². The molecule has 1 aliphatic heterocycles. The highest BCUT2D eigenvalue weighted by Gasteiger charge is 2.22. The van der Waals surface area contributed by atoms with E-state index in [0.717, 1.165) is 18.5 Å². The molecule has 0 aliphatic carbocycles. The summed E-state index contributed by atoms with van der Waals surface area (Å²) in [5.41, 5.74) is 0.996. The van der Waals surface area contributed by atoms with Crippen molar-refractivity contribution in [2.75, 3.05) is 6.54 Å². The van der Waals surface area contributed by atoms with Crippen molar-refractivity contribution in [1.82, 2.24) is 15.5 Å². The molecule has 1 fully saturated rings. The second-order valence-electron chi connectivity index (χ2n) is 3.97. The predicted molar refractivity (Wildman–Crippen MR) is 59.7 cm³/mol. The molecule has 0 bridgehead atoms. The van der Waals surface area contributed by atoms with Crippen molar-refractivity contribution in [3.05, 3.63) is 36.2 Å². The molecular formula is C12H13N3O. The number of hydrogen-bond acceptors (Lipinski definition) is 4. The Balaban J connectivity index is 1.87. The minimum Gasteiger partial charge on any atom is -0.337 e. The summed E-state index contributed by atoms with van der Waals surface area (Å²) in [7, 11) is 0. The average Bonchev–Trinajstić information content (AvgIpc) is 3.01. The van der Waals surface area contributed by atoms with E-state index in [0.29, 0.717) is 11.7 Å². The summed E-state index contributed by atoms with van der Waals surface area (Å²) in [6.45, 7) is 1.04. The second kappa shape index (κ2) is 4.06. The van der Waals surface area contributed by atoms with Crippen LogP contribution in [0.25, 0.3) is 11.4 Å². The summed E-state index contributed by atoms with van der Waals surface area (Å²) in [5.74, 6) is 1.38. The lowest BCUT2D eigenvalue weighted by molar-refractivity contribution is 0.345. The lowest BCUT2D eigenvalue weighted by atomic mass is 10.2. The van der Waals surface area contributed by atoms with Crippen molar-refractivity contribution in [2.24, 2.45) is 0 Å². The van der Waals surface area contributed by atoms with Crippen molar-refractivity contribution < 1.29 is 4.52 Å². The molecule has 1 atom stereocenters. The molecule has 1 saturated heterocycles. The highest BCUT2D eigenvalue weighted by molar-refractivity contribution is 5.53. The largest absolute Gasteiger partial charge is 0.337 e. The van der Waals surface area contributed by atoms with Gasteiger partial charge in [0.15, 0.2) is 0 Å². The third-order valence-electron chi connectivity index (χ3n) is 2.83. The molecule has 1 aromatic heterocycles. The van der Waals surface area contributed by atoms with E-state index in [9.17, 15) is 0 Å². The van der Waals surface area contributed by atoms with E-state index in [1.807, 2.05) is 30.3 Å². The van der Waals surface area contributed by atoms with Gasteiger partial charge in [-0.05, 0) is 19.4 Å². The van der Waals surface area contributed by atoms with Crippen LogP contribution < -0.4 is 5.32 Å². The molecule has 2 heterocycles. The monoisotopic (exact) mass is 215 g/mol. The molecule has 1 N–H and O–H groups in total. The predicted octanol–water partition coefficient (Wildman–Crippen LogP) is 2.16. The van der Waals surface area contributed by atoms with Crippen LogP contribution in [0.3, 0.4) is 0 Å². The van der Waals surface area contributed by atoms with Gasteiger partial charge in [-0.2, -0.15) is 4.98 Å². The Morgan fingerprint density at radius 2 is 2.12 bits per heavy atom. The smallest absolute Gasteiger partial charge is 0.244 e. The van der Waals surface area contributed by atoms with E-state index in [-0.39, 0.29) is 6.04 Å². The van der Waals surface area contributed by atoms with Gasteiger partial charge in [-0.25, -0.2) is 0 Å². The first-order chi connectivity index (χ1) is 7.93. The highest BCUT2D eigenvalue weighted by atomic mass is 16.5. The molecule has 0 spiro atoms. The van der Waals surface area contributed by atoms with E-state index < -0.39 is 0 Å². The Kier molecular flexibility index (Phi) is 2.42. The summed E-state index contributed by atoms with van der Waals surface area (Å²) in [6.07, 6.45) is 2.25. The summed E-state index contributed by atoms with van der Waals surface area (Å²) in [4.78, 5) is 4.42. The maximum Gasteiger partial charge on any atom is 0.244 e. The van der Waals surface area contributed by atoms with Crippen molar-refractivity contribution >= 4 is 0 Å². The lowest BCUT2D eigenvalue weighted by Gasteiger charge is -2.01. The molecule has 0 unspecified atom stereocenters. The van der Waals surface area contributed by atoms with Gasteiger partial charge in [-0.1, -0.05) is 35.5 Å². The van der Waals surface area contributed by atoms with Crippen molar-refractivity contribution in [3.8, 4) is 11.4 Å². The molecule has 0 radical (unpaired) electrons. The van der Waals surface area contributed by atoms with Crippen molar-refractivity contribution in [3.63, 3.8) is 0 Å². The molecule has 1 aliphatic rings. The molecule has 16 heavy (non-hydrogen) atoms. The molecular weight excluding hydrogens is 202 g/mol. The fraction of sp³-hybridized carbons (Fsp3) is 0.333. The molecule has 4 heteroatoms. The first-order valence-corrected chi connectivity index (χ1v) is 5.56. The minimum atomic E-state index is 0.241. The van der Waals surface area contributed by atoms with Gasteiger partial charge < -0.3 is 9.84 Å². The van der Waals surface area contributed by atoms with Crippen LogP contribution in [0.2, 0.25) is 0 Å². The van der Waals surface area contributed by atoms with Crippen molar-refractivity contribution in [1.29, 1.82) is 0 Å². The molecule has 1 aromatic carbocycles. The zero-order chi connectivity index (χ0) is 10.8. The molecule has 0 saturated carbocycles. The van der Waals surface area contributed by atoms with Gasteiger partial charge in [0, 0.05) is 5.56 Å². The fourth-order valence-electron chi connectivity index (χ4n) is 1.98. The first-order valence-electron chi connectivity index (χ1n) is 5.56. The van der Waals surface area contributed by atoms with Crippen LogP contribution in [0.1, 0.15) is 24.8 Å². The fourth-order valence-corrected chi connectivity index (χ4v) is 1.98. The molecule has 82 valence electrons. The van der Waals surface area contributed by atoms with Crippen LogP contribution in [0.15, 0.2) is 34.9 Å². The zero-order valence-electron chi connectivity index (χ0n) is 8.89. The maximum absolute atomic E-state index is 5.28. The Labute approximate surface area is 93.7 Å². The van der Waals surface area contributed by atoms with Crippen LogP contribution in [-0.2, 0) is 0 Å². The highest BCUT2D eigenvalue weighted by Crippen LogP contribution is 2.23. The third kappa shape index (κ3) is 1.72. The van der Waals surface area contributed by atoms with Gasteiger partial charge in [0.2, 0.25) is 11.7 Å². The Hall–Kier alpha value is -1.68. The number of nitrogens with one attached hydrogen (secondary N) is 1. The van der Waals surface area contributed by atoms with Crippen molar-refractivity contribution in [2.45, 2.75) is 18.9 Å². The van der Waals surface area contributed by atoms with E-state index in [4.69, 9.17) is 4.52 Å². The van der Waals surface area contributed by atoms with E-state index in [1.165, 1.54) is 6.42 Å². The van der Waals surface area contributed by atoms with Crippen LogP contribution >= 0.6 is 0 Å². The number of aromatic nitrogens is 2. The van der Waals surface area contributed by atoms with E-state index in [1.54, 1.807) is 0 Å². The molecule has 2 aromatic rings.